The molecule has 2 aromatic rings. The Morgan fingerprint density at radius 2 is 2.09 bits per heavy atom. The highest BCUT2D eigenvalue weighted by molar-refractivity contribution is 5.98. The summed E-state index contributed by atoms with van der Waals surface area (Å²) in [5.74, 6) is -0.707. The van der Waals surface area contributed by atoms with Crippen LogP contribution in [0.25, 0.3) is 0 Å². The van der Waals surface area contributed by atoms with Crippen LogP contribution < -0.4 is 21.9 Å². The number of nitrogens with one attached hydrogen (secondary N) is 3. The summed E-state index contributed by atoms with van der Waals surface area (Å²) >= 11 is 0. The van der Waals surface area contributed by atoms with Gasteiger partial charge in [0.1, 0.15) is 11.4 Å². The highest BCUT2D eigenvalue weighted by Gasteiger charge is 2.20. The predicted molar refractivity (Wildman–Crippen MR) is 85.0 cm³/mol. The fourth-order valence-corrected chi connectivity index (χ4v) is 2.14. The van der Waals surface area contributed by atoms with Crippen LogP contribution in [0.5, 0.6) is 0 Å². The van der Waals surface area contributed by atoms with Crippen molar-refractivity contribution in [3.8, 4) is 0 Å². The van der Waals surface area contributed by atoms with Gasteiger partial charge in [-0.2, -0.15) is 0 Å². The van der Waals surface area contributed by atoms with E-state index in [0.29, 0.717) is 6.54 Å². The van der Waals surface area contributed by atoms with E-state index in [1.807, 2.05) is 31.2 Å². The number of hydrogen-bond acceptors (Lipinski definition) is 5. The largest absolute Gasteiger partial charge is 0.421 e. The number of anilines is 1. The van der Waals surface area contributed by atoms with E-state index in [1.165, 1.54) is 0 Å². The van der Waals surface area contributed by atoms with Gasteiger partial charge in [0.15, 0.2) is 0 Å². The minimum atomic E-state index is -1.08. The van der Waals surface area contributed by atoms with Crippen molar-refractivity contribution in [1.82, 2.24) is 15.0 Å². The van der Waals surface area contributed by atoms with Crippen LogP contribution in [0.4, 0.5) is 5.82 Å². The van der Waals surface area contributed by atoms with E-state index in [1.54, 1.807) is 6.92 Å². The third-order valence-electron chi connectivity index (χ3n) is 3.20. The number of aromatic nitrogens is 2. The Hall–Kier alpha value is -3.03. The summed E-state index contributed by atoms with van der Waals surface area (Å²) in [5.41, 5.74) is -0.516. The molecule has 0 aliphatic heterocycles. The summed E-state index contributed by atoms with van der Waals surface area (Å²) in [5, 5.41) is 14.7. The van der Waals surface area contributed by atoms with Crippen LogP contribution in [0.3, 0.4) is 0 Å². The maximum Gasteiger partial charge on any atom is 0.363 e. The van der Waals surface area contributed by atoms with Gasteiger partial charge < -0.3 is 15.8 Å². The van der Waals surface area contributed by atoms with Gasteiger partial charge in [-0.1, -0.05) is 34.6 Å². The minimum Gasteiger partial charge on any atom is -0.421 e. The van der Waals surface area contributed by atoms with E-state index in [4.69, 9.17) is 0 Å². The third kappa shape index (κ3) is 3.60. The Kier molecular flexibility index (Phi) is 4.85. The minimum absolute atomic E-state index is 0.0189. The van der Waals surface area contributed by atoms with Crippen LogP contribution in [0.1, 0.15) is 28.4 Å². The van der Waals surface area contributed by atoms with Crippen molar-refractivity contribution < 1.29 is 10.0 Å². The summed E-state index contributed by atoms with van der Waals surface area (Å²) in [7, 11) is 0. The van der Waals surface area contributed by atoms with E-state index >= 15 is 0 Å². The number of carbonyl (C=O) groups excluding carboxylic acids is 1. The van der Waals surface area contributed by atoms with Gasteiger partial charge in [-0.3, -0.25) is 14.6 Å². The zero-order valence-electron chi connectivity index (χ0n) is 12.8. The first-order valence-electron chi connectivity index (χ1n) is 7.10. The lowest BCUT2D eigenvalue weighted by Crippen LogP contribution is -2.41. The molecule has 122 valence electrons. The second kappa shape index (κ2) is 6.82. The van der Waals surface area contributed by atoms with Crippen LogP contribution in [0, 0.1) is 6.92 Å². The van der Waals surface area contributed by atoms with Crippen molar-refractivity contribution in [3.05, 3.63) is 61.8 Å². The molecule has 1 aromatic carbocycles. The molecular formula is C15H18N4O4. The van der Waals surface area contributed by atoms with Gasteiger partial charge in [0, 0.05) is 13.1 Å². The van der Waals surface area contributed by atoms with Crippen LogP contribution in [-0.4, -0.2) is 27.4 Å². The highest BCUT2D eigenvalue weighted by atomic mass is 16.5. The molecule has 2 rings (SSSR count). The Labute approximate surface area is 131 Å². The molecule has 0 spiro atoms. The second-order valence-corrected chi connectivity index (χ2v) is 5.00. The SMILES string of the molecule is CCNc1[nH]c(=O)n(O)c(=O)c1C(=O)NCc1cccc(C)c1. The van der Waals surface area contributed by atoms with Crippen molar-refractivity contribution in [1.29, 1.82) is 0 Å². The first kappa shape index (κ1) is 16.3. The third-order valence-corrected chi connectivity index (χ3v) is 3.20. The van der Waals surface area contributed by atoms with Crippen molar-refractivity contribution >= 4 is 11.7 Å². The number of H-pyrrole nitrogens is 1. The maximum atomic E-state index is 12.3. The van der Waals surface area contributed by atoms with Crippen molar-refractivity contribution in [2.45, 2.75) is 20.4 Å². The molecule has 1 heterocycles. The fraction of sp³-hybridized carbons (Fsp3) is 0.267. The summed E-state index contributed by atoms with van der Waals surface area (Å²) in [6.07, 6.45) is 0. The quantitative estimate of drug-likeness (QED) is 0.597. The Morgan fingerprint density at radius 1 is 1.35 bits per heavy atom. The van der Waals surface area contributed by atoms with Crippen LogP contribution in [-0.2, 0) is 6.54 Å². The van der Waals surface area contributed by atoms with Gasteiger partial charge in [0.2, 0.25) is 0 Å². The topological polar surface area (TPSA) is 116 Å². The van der Waals surface area contributed by atoms with Gasteiger partial charge in [0.05, 0.1) is 0 Å². The number of benzene rings is 1. The number of aryl methyl sites for hydroxylation is 1. The lowest BCUT2D eigenvalue weighted by atomic mass is 10.1. The van der Waals surface area contributed by atoms with E-state index in [0.717, 1.165) is 11.1 Å². The average Bonchev–Trinajstić information content (AvgIpc) is 2.51. The fourth-order valence-electron chi connectivity index (χ4n) is 2.14. The van der Waals surface area contributed by atoms with Crippen LogP contribution >= 0.6 is 0 Å². The molecule has 0 aliphatic rings. The second-order valence-electron chi connectivity index (χ2n) is 5.00. The standard InChI is InChI=1S/C15H18N4O4/c1-3-16-12-11(14(21)19(23)15(22)18-12)13(20)17-8-10-6-4-5-9(2)7-10/h4-7,16,23H,3,8H2,1-2H3,(H,17,20)(H,18,22). The van der Waals surface area contributed by atoms with Gasteiger partial charge in [0.25, 0.3) is 5.91 Å². The van der Waals surface area contributed by atoms with E-state index < -0.39 is 17.2 Å². The number of aromatic amines is 1. The van der Waals surface area contributed by atoms with Gasteiger partial charge >= 0.3 is 11.2 Å². The average molecular weight is 318 g/mol. The Bertz CT molecular complexity index is 838. The number of rotatable bonds is 5. The van der Waals surface area contributed by atoms with E-state index in [2.05, 4.69) is 15.6 Å². The summed E-state index contributed by atoms with van der Waals surface area (Å²) in [6, 6.07) is 7.54. The summed E-state index contributed by atoms with van der Waals surface area (Å²) in [6.45, 7) is 4.29. The number of carbonyl (C=O) groups is 1. The maximum absolute atomic E-state index is 12.3. The molecule has 0 fully saturated rings. The van der Waals surface area contributed by atoms with Crippen molar-refractivity contribution in [2.24, 2.45) is 0 Å². The van der Waals surface area contributed by atoms with Gasteiger partial charge in [-0.25, -0.2) is 4.79 Å². The number of nitrogens with zero attached hydrogens (tertiary/aromatic N) is 1. The van der Waals surface area contributed by atoms with Crippen LogP contribution in [0.2, 0.25) is 0 Å². The zero-order chi connectivity index (χ0) is 17.0. The highest BCUT2D eigenvalue weighted by Crippen LogP contribution is 2.07. The molecule has 0 bridgehead atoms. The Morgan fingerprint density at radius 3 is 2.74 bits per heavy atom. The molecule has 8 heteroatoms. The summed E-state index contributed by atoms with van der Waals surface area (Å²) < 4.78 is -0.123. The molecule has 0 atom stereocenters. The zero-order valence-corrected chi connectivity index (χ0v) is 12.8. The predicted octanol–water partition coefficient (Wildman–Crippen LogP) is 0.444. The normalized spacial score (nSPS) is 10.3. The summed E-state index contributed by atoms with van der Waals surface area (Å²) in [4.78, 5) is 37.9. The molecular weight excluding hydrogens is 300 g/mol. The van der Waals surface area contributed by atoms with Crippen molar-refractivity contribution in [3.63, 3.8) is 0 Å². The molecule has 0 aliphatic carbocycles. The monoisotopic (exact) mass is 318 g/mol. The van der Waals surface area contributed by atoms with E-state index in [9.17, 15) is 19.6 Å². The van der Waals surface area contributed by atoms with Gasteiger partial charge in [-0.15, -0.1) is 0 Å². The molecule has 0 saturated heterocycles. The number of hydrogen-bond donors (Lipinski definition) is 4. The van der Waals surface area contributed by atoms with Gasteiger partial charge in [-0.05, 0) is 19.4 Å². The molecule has 0 unspecified atom stereocenters. The molecule has 1 aromatic heterocycles. The molecule has 1 amide bonds. The Balaban J connectivity index is 2.30. The van der Waals surface area contributed by atoms with Crippen molar-refractivity contribution in [2.75, 3.05) is 11.9 Å². The molecule has 0 radical (unpaired) electrons. The molecule has 8 nitrogen and oxygen atoms in total. The number of amides is 1. The molecule has 4 N–H and O–H groups in total. The lowest BCUT2D eigenvalue weighted by Gasteiger charge is -2.11. The lowest BCUT2D eigenvalue weighted by molar-refractivity contribution is 0.0940. The first-order chi connectivity index (χ1) is 10.9. The first-order valence-corrected chi connectivity index (χ1v) is 7.10. The molecule has 23 heavy (non-hydrogen) atoms. The molecule has 0 saturated carbocycles. The van der Waals surface area contributed by atoms with Crippen LogP contribution in [0.15, 0.2) is 33.9 Å². The van der Waals surface area contributed by atoms with E-state index in [-0.39, 0.29) is 22.7 Å². The smallest absolute Gasteiger partial charge is 0.363 e.